The molecule has 1 saturated heterocycles. The molecule has 5 nitrogen and oxygen atoms in total. The molecule has 0 saturated carbocycles. The van der Waals surface area contributed by atoms with Crippen molar-refractivity contribution in [1.29, 1.82) is 0 Å². The van der Waals surface area contributed by atoms with Gasteiger partial charge in [0.25, 0.3) is 0 Å². The number of primary amides is 1. The lowest BCUT2D eigenvalue weighted by Gasteiger charge is -2.47. The minimum atomic E-state index is -0.693. The van der Waals surface area contributed by atoms with E-state index in [4.69, 9.17) is 10.5 Å². The molecule has 1 rings (SSSR count). The Bertz CT molecular complexity index is 195. The molecule has 0 spiro atoms. The first-order chi connectivity index (χ1) is 6.07. The Morgan fingerprint density at radius 3 is 2.43 bits per heavy atom. The smallest absolute Gasteiger partial charge is 0.404 e. The molecule has 1 fully saturated rings. The average Bonchev–Trinajstić information content (AvgIpc) is 1.93. The van der Waals surface area contributed by atoms with Gasteiger partial charge in [0.15, 0.2) is 0 Å². The summed E-state index contributed by atoms with van der Waals surface area (Å²) >= 11 is 0. The quantitative estimate of drug-likeness (QED) is 0.693. The SMILES string of the molecule is CN(C)C1(CCOC(N)=O)CNC1.Cl. The van der Waals surface area contributed by atoms with E-state index in [1.807, 2.05) is 14.1 Å². The van der Waals surface area contributed by atoms with Gasteiger partial charge in [-0.1, -0.05) is 0 Å². The van der Waals surface area contributed by atoms with E-state index in [-0.39, 0.29) is 17.9 Å². The molecule has 0 aromatic carbocycles. The summed E-state index contributed by atoms with van der Waals surface area (Å²) < 4.78 is 4.71. The molecule has 1 amide bonds. The van der Waals surface area contributed by atoms with Gasteiger partial charge in [-0.15, -0.1) is 12.4 Å². The van der Waals surface area contributed by atoms with Crippen molar-refractivity contribution in [3.05, 3.63) is 0 Å². The van der Waals surface area contributed by atoms with Crippen LogP contribution in [0.15, 0.2) is 0 Å². The lowest BCUT2D eigenvalue weighted by atomic mass is 9.88. The fourth-order valence-electron chi connectivity index (χ4n) is 1.47. The van der Waals surface area contributed by atoms with Crippen LogP contribution in [0, 0.1) is 0 Å². The maximum atomic E-state index is 10.3. The highest BCUT2D eigenvalue weighted by Crippen LogP contribution is 2.21. The largest absolute Gasteiger partial charge is 0.450 e. The third-order valence-electron chi connectivity index (χ3n) is 2.67. The zero-order valence-electron chi connectivity index (χ0n) is 8.58. The van der Waals surface area contributed by atoms with Gasteiger partial charge in [-0.25, -0.2) is 4.79 Å². The Morgan fingerprint density at radius 2 is 2.14 bits per heavy atom. The van der Waals surface area contributed by atoms with E-state index in [2.05, 4.69) is 10.2 Å². The molecule has 0 radical (unpaired) electrons. The van der Waals surface area contributed by atoms with Crippen molar-refractivity contribution >= 4 is 18.5 Å². The van der Waals surface area contributed by atoms with Gasteiger partial charge in [-0.05, 0) is 14.1 Å². The second kappa shape index (κ2) is 5.38. The van der Waals surface area contributed by atoms with Crippen molar-refractivity contribution in [2.45, 2.75) is 12.0 Å². The minimum Gasteiger partial charge on any atom is -0.450 e. The van der Waals surface area contributed by atoms with Gasteiger partial charge >= 0.3 is 6.09 Å². The van der Waals surface area contributed by atoms with Crippen LogP contribution < -0.4 is 11.1 Å². The molecule has 1 aliphatic heterocycles. The summed E-state index contributed by atoms with van der Waals surface area (Å²) in [6.07, 6.45) is 0.136. The van der Waals surface area contributed by atoms with Crippen molar-refractivity contribution < 1.29 is 9.53 Å². The number of amides is 1. The highest BCUT2D eigenvalue weighted by Gasteiger charge is 2.38. The van der Waals surface area contributed by atoms with Crippen molar-refractivity contribution in [1.82, 2.24) is 10.2 Å². The number of hydrogen-bond acceptors (Lipinski definition) is 4. The van der Waals surface area contributed by atoms with Gasteiger partial charge in [-0.3, -0.25) is 0 Å². The average molecular weight is 224 g/mol. The Labute approximate surface area is 90.4 Å². The van der Waals surface area contributed by atoms with E-state index < -0.39 is 6.09 Å². The summed E-state index contributed by atoms with van der Waals surface area (Å²) in [6, 6.07) is 0. The highest BCUT2D eigenvalue weighted by molar-refractivity contribution is 5.85. The van der Waals surface area contributed by atoms with Crippen LogP contribution in [0.3, 0.4) is 0 Å². The maximum Gasteiger partial charge on any atom is 0.404 e. The molecule has 0 aliphatic carbocycles. The predicted octanol–water partition coefficient (Wildman–Crippen LogP) is -0.203. The summed E-state index contributed by atoms with van der Waals surface area (Å²) in [6.45, 7) is 2.29. The molecule has 0 aromatic heterocycles. The van der Waals surface area contributed by atoms with Crippen LogP contribution in [-0.2, 0) is 4.74 Å². The topological polar surface area (TPSA) is 67.6 Å². The fraction of sp³-hybridized carbons (Fsp3) is 0.875. The summed E-state index contributed by atoms with van der Waals surface area (Å²) in [5, 5.41) is 3.21. The summed E-state index contributed by atoms with van der Waals surface area (Å²) in [7, 11) is 4.07. The standard InChI is InChI=1S/C8H17N3O2.ClH/c1-11(2)8(5-10-6-8)3-4-13-7(9)12;/h10H,3-6H2,1-2H3,(H2,9,12);1H. The first-order valence-corrected chi connectivity index (χ1v) is 4.37. The van der Waals surface area contributed by atoms with Gasteiger partial charge in [-0.2, -0.15) is 0 Å². The number of carbonyl (C=O) groups excluding carboxylic acids is 1. The molecule has 0 atom stereocenters. The van der Waals surface area contributed by atoms with Crippen molar-refractivity contribution in [3.63, 3.8) is 0 Å². The van der Waals surface area contributed by atoms with E-state index in [1.54, 1.807) is 0 Å². The van der Waals surface area contributed by atoms with Crippen LogP contribution in [-0.4, -0.2) is 50.3 Å². The van der Waals surface area contributed by atoms with Crippen molar-refractivity contribution in [2.24, 2.45) is 5.73 Å². The third-order valence-corrected chi connectivity index (χ3v) is 2.67. The van der Waals surface area contributed by atoms with Crippen LogP contribution in [0.4, 0.5) is 4.79 Å². The number of ether oxygens (including phenoxy) is 1. The molecule has 1 aliphatic rings. The van der Waals surface area contributed by atoms with Crippen molar-refractivity contribution in [3.8, 4) is 0 Å². The number of nitrogens with two attached hydrogens (primary N) is 1. The van der Waals surface area contributed by atoms with Crippen LogP contribution >= 0.6 is 12.4 Å². The van der Waals surface area contributed by atoms with E-state index >= 15 is 0 Å². The van der Waals surface area contributed by atoms with Crippen LogP contribution in [0.25, 0.3) is 0 Å². The molecular formula is C8H18ClN3O2. The molecule has 84 valence electrons. The van der Waals surface area contributed by atoms with Gasteiger partial charge < -0.3 is 20.7 Å². The lowest BCUT2D eigenvalue weighted by Crippen LogP contribution is -2.67. The fourth-order valence-corrected chi connectivity index (χ4v) is 1.47. The monoisotopic (exact) mass is 223 g/mol. The van der Waals surface area contributed by atoms with Crippen molar-refractivity contribution in [2.75, 3.05) is 33.8 Å². The van der Waals surface area contributed by atoms with E-state index in [0.29, 0.717) is 6.61 Å². The second-order valence-corrected chi connectivity index (χ2v) is 3.64. The third kappa shape index (κ3) is 3.01. The van der Waals surface area contributed by atoms with Gasteiger partial charge in [0, 0.05) is 25.0 Å². The first-order valence-electron chi connectivity index (χ1n) is 4.37. The van der Waals surface area contributed by atoms with Gasteiger partial charge in [0.2, 0.25) is 0 Å². The maximum absolute atomic E-state index is 10.3. The second-order valence-electron chi connectivity index (χ2n) is 3.64. The molecule has 6 heteroatoms. The van der Waals surface area contributed by atoms with Gasteiger partial charge in [0.1, 0.15) is 0 Å². The number of nitrogens with zero attached hydrogens (tertiary/aromatic N) is 1. The normalized spacial score (nSPS) is 18.2. The summed E-state index contributed by atoms with van der Waals surface area (Å²) in [5.74, 6) is 0. The molecule has 0 aromatic rings. The first kappa shape index (κ1) is 13.5. The molecule has 0 unspecified atom stereocenters. The molecule has 3 N–H and O–H groups in total. The minimum absolute atomic E-state index is 0. The Kier molecular flexibility index (Phi) is 5.18. The highest BCUT2D eigenvalue weighted by atomic mass is 35.5. The van der Waals surface area contributed by atoms with Gasteiger partial charge in [0.05, 0.1) is 6.61 Å². The molecule has 1 heterocycles. The van der Waals surface area contributed by atoms with Crippen LogP contribution in [0.2, 0.25) is 0 Å². The van der Waals surface area contributed by atoms with Crippen LogP contribution in [0.1, 0.15) is 6.42 Å². The number of carbonyl (C=O) groups is 1. The zero-order chi connectivity index (χ0) is 9.90. The number of likely N-dealkylation sites (N-methyl/N-ethyl adjacent to an activating group) is 1. The van der Waals surface area contributed by atoms with Crippen LogP contribution in [0.5, 0.6) is 0 Å². The molecule has 0 bridgehead atoms. The summed E-state index contributed by atoms with van der Waals surface area (Å²) in [4.78, 5) is 12.5. The molecule has 14 heavy (non-hydrogen) atoms. The number of rotatable bonds is 4. The Morgan fingerprint density at radius 1 is 1.57 bits per heavy atom. The summed E-state index contributed by atoms with van der Waals surface area (Å²) in [5.41, 5.74) is 5.02. The molecular weight excluding hydrogens is 206 g/mol. The Hall–Kier alpha value is -0.520. The number of nitrogens with one attached hydrogen (secondary N) is 1. The zero-order valence-corrected chi connectivity index (χ0v) is 9.39. The predicted molar refractivity (Wildman–Crippen MR) is 56.7 cm³/mol. The number of halogens is 1. The van der Waals surface area contributed by atoms with E-state index in [0.717, 1.165) is 19.5 Å². The Balaban J connectivity index is 0.00000169. The van der Waals surface area contributed by atoms with E-state index in [1.165, 1.54) is 0 Å². The lowest BCUT2D eigenvalue weighted by molar-refractivity contribution is 0.0502. The number of hydrogen-bond donors (Lipinski definition) is 2. The van der Waals surface area contributed by atoms with E-state index in [9.17, 15) is 4.79 Å².